The zero-order valence-electron chi connectivity index (χ0n) is 12.3. The molecule has 0 bridgehead atoms. The van der Waals surface area contributed by atoms with Gasteiger partial charge >= 0.3 is 0 Å². The molecule has 0 aromatic heterocycles. The number of fused-ring (bicyclic) bond motifs is 5. The lowest BCUT2D eigenvalue weighted by Crippen LogP contribution is -2.50. The first-order valence-electron chi connectivity index (χ1n) is 8.11. The molecule has 0 radical (unpaired) electrons. The van der Waals surface area contributed by atoms with Crippen LogP contribution in [0.2, 0.25) is 0 Å². The van der Waals surface area contributed by atoms with Gasteiger partial charge in [-0.2, -0.15) is 0 Å². The fourth-order valence-corrected chi connectivity index (χ4v) is 5.45. The van der Waals surface area contributed by atoms with Crippen molar-refractivity contribution in [3.63, 3.8) is 0 Å². The van der Waals surface area contributed by atoms with E-state index in [0.29, 0.717) is 19.3 Å². The Morgan fingerprint density at radius 1 is 1.24 bits per heavy atom. The first-order valence-corrected chi connectivity index (χ1v) is 8.11. The summed E-state index contributed by atoms with van der Waals surface area (Å²) in [7, 11) is 0. The summed E-state index contributed by atoms with van der Waals surface area (Å²) in [5.74, 6) is 1.02. The molecule has 21 heavy (non-hydrogen) atoms. The average molecular weight is 288 g/mol. The van der Waals surface area contributed by atoms with E-state index in [4.69, 9.17) is 0 Å². The van der Waals surface area contributed by atoms with Crippen LogP contribution in [0.3, 0.4) is 0 Å². The van der Waals surface area contributed by atoms with Crippen molar-refractivity contribution in [3.05, 3.63) is 23.8 Å². The van der Waals surface area contributed by atoms with E-state index in [-0.39, 0.29) is 35.2 Å². The molecule has 0 amide bonds. The minimum atomic E-state index is -0.926. The fraction of sp³-hybridized carbons (Fsp3) is 0.667. The molecule has 0 aliphatic heterocycles. The summed E-state index contributed by atoms with van der Waals surface area (Å²) in [5.41, 5.74) is 0.555. The fourth-order valence-electron chi connectivity index (χ4n) is 5.45. The van der Waals surface area contributed by atoms with Gasteiger partial charge in [-0.15, -0.1) is 0 Å². The molecule has 112 valence electrons. The maximum absolute atomic E-state index is 14.9. The van der Waals surface area contributed by atoms with E-state index >= 15 is 0 Å². The van der Waals surface area contributed by atoms with Crippen LogP contribution in [0, 0.1) is 29.1 Å². The Morgan fingerprint density at radius 2 is 2.05 bits per heavy atom. The number of carbonyl (C=O) groups is 2. The number of allylic oxidation sites excluding steroid dienone is 4. The van der Waals surface area contributed by atoms with Gasteiger partial charge in [-0.25, -0.2) is 4.39 Å². The van der Waals surface area contributed by atoms with Crippen LogP contribution in [0.1, 0.15) is 39.0 Å². The standard InChI is InChI=1S/C18H21FO2/c1-18-9-15(19)17-12-5-3-11(20)8-10(12)2-4-13(17)14(18)6-7-16(18)21/h2,4,8,12-15,17H,3,5-7,9H2,1H3/t12?,13?,14?,15?,17?,18-/m0/s1. The van der Waals surface area contributed by atoms with Crippen molar-refractivity contribution < 1.29 is 14.0 Å². The Bertz CT molecular complexity index is 576. The second-order valence-corrected chi connectivity index (χ2v) is 7.48. The van der Waals surface area contributed by atoms with E-state index in [9.17, 15) is 14.0 Å². The SMILES string of the molecule is C[C@]12CC(F)C3C4CCC(=O)C=C4C=CC3C1CCC2=O. The molecule has 0 heterocycles. The third kappa shape index (κ3) is 1.75. The van der Waals surface area contributed by atoms with Crippen molar-refractivity contribution in [1.82, 2.24) is 0 Å². The second-order valence-electron chi connectivity index (χ2n) is 7.48. The summed E-state index contributed by atoms with van der Waals surface area (Å²) in [5, 5.41) is 0. The van der Waals surface area contributed by atoms with Crippen molar-refractivity contribution >= 4 is 11.6 Å². The van der Waals surface area contributed by atoms with Gasteiger partial charge in [0, 0.05) is 24.2 Å². The molecule has 4 aliphatic rings. The minimum absolute atomic E-state index is 0.0293. The quantitative estimate of drug-likeness (QED) is 0.684. The van der Waals surface area contributed by atoms with Gasteiger partial charge < -0.3 is 0 Å². The van der Waals surface area contributed by atoms with E-state index in [2.05, 4.69) is 6.08 Å². The lowest BCUT2D eigenvalue weighted by molar-refractivity contribution is -0.132. The molecule has 2 fully saturated rings. The Labute approximate surface area is 124 Å². The van der Waals surface area contributed by atoms with E-state index < -0.39 is 11.6 Å². The summed E-state index contributed by atoms with van der Waals surface area (Å²) >= 11 is 0. The lowest BCUT2D eigenvalue weighted by Gasteiger charge is -2.51. The average Bonchev–Trinajstić information content (AvgIpc) is 2.74. The van der Waals surface area contributed by atoms with Crippen LogP contribution in [-0.4, -0.2) is 17.7 Å². The van der Waals surface area contributed by atoms with E-state index in [1.807, 2.05) is 13.0 Å². The Balaban J connectivity index is 1.76. The maximum atomic E-state index is 14.9. The molecule has 0 N–H and O–H groups in total. The molecular formula is C18H21FO2. The van der Waals surface area contributed by atoms with Gasteiger partial charge in [-0.3, -0.25) is 9.59 Å². The monoisotopic (exact) mass is 288 g/mol. The van der Waals surface area contributed by atoms with Gasteiger partial charge in [-0.1, -0.05) is 19.1 Å². The van der Waals surface area contributed by atoms with E-state index in [0.717, 1.165) is 18.4 Å². The number of carbonyl (C=O) groups excluding carboxylic acids is 2. The van der Waals surface area contributed by atoms with Crippen molar-refractivity contribution in [2.45, 2.75) is 45.2 Å². The molecule has 0 spiro atoms. The van der Waals surface area contributed by atoms with Crippen LogP contribution >= 0.6 is 0 Å². The molecule has 4 aliphatic carbocycles. The second kappa shape index (κ2) is 4.37. The van der Waals surface area contributed by atoms with Gasteiger partial charge in [0.25, 0.3) is 0 Å². The zero-order chi connectivity index (χ0) is 14.8. The highest BCUT2D eigenvalue weighted by Crippen LogP contribution is 2.59. The smallest absolute Gasteiger partial charge is 0.155 e. The van der Waals surface area contributed by atoms with Gasteiger partial charge in [0.1, 0.15) is 12.0 Å². The molecule has 0 aromatic carbocycles. The number of Topliss-reactive ketones (excluding diaryl/α,β-unsaturated/α-hetero) is 1. The maximum Gasteiger partial charge on any atom is 0.155 e. The number of hydrogen-bond acceptors (Lipinski definition) is 2. The molecule has 2 saturated carbocycles. The minimum Gasteiger partial charge on any atom is -0.299 e. The van der Waals surface area contributed by atoms with Crippen LogP contribution in [-0.2, 0) is 9.59 Å². The van der Waals surface area contributed by atoms with Crippen LogP contribution in [0.4, 0.5) is 4.39 Å². The molecule has 2 nitrogen and oxygen atoms in total. The van der Waals surface area contributed by atoms with Crippen molar-refractivity contribution in [1.29, 1.82) is 0 Å². The molecular weight excluding hydrogens is 267 g/mol. The molecule has 5 unspecified atom stereocenters. The zero-order valence-corrected chi connectivity index (χ0v) is 12.3. The Morgan fingerprint density at radius 3 is 2.86 bits per heavy atom. The van der Waals surface area contributed by atoms with E-state index in [1.165, 1.54) is 0 Å². The summed E-state index contributed by atoms with van der Waals surface area (Å²) < 4.78 is 14.9. The van der Waals surface area contributed by atoms with Crippen LogP contribution in [0.15, 0.2) is 23.8 Å². The van der Waals surface area contributed by atoms with Crippen molar-refractivity contribution in [2.75, 3.05) is 0 Å². The number of halogens is 1. The number of rotatable bonds is 0. The third-order valence-electron chi connectivity index (χ3n) is 6.52. The Kier molecular flexibility index (Phi) is 2.79. The molecule has 4 rings (SSSR count). The van der Waals surface area contributed by atoms with Gasteiger partial charge in [-0.05, 0) is 48.7 Å². The lowest BCUT2D eigenvalue weighted by atomic mass is 9.53. The predicted octanol–water partition coefficient (Wildman–Crippen LogP) is 3.42. The highest BCUT2D eigenvalue weighted by Gasteiger charge is 2.58. The Hall–Kier alpha value is -1.25. The van der Waals surface area contributed by atoms with Crippen LogP contribution in [0.25, 0.3) is 0 Å². The first kappa shape index (κ1) is 13.4. The summed E-state index contributed by atoms with van der Waals surface area (Å²) in [6.07, 6.45) is 8.11. The summed E-state index contributed by atoms with van der Waals surface area (Å²) in [6.45, 7) is 1.97. The number of hydrogen-bond donors (Lipinski definition) is 0. The normalized spacial score (nSPS) is 48.5. The van der Waals surface area contributed by atoms with Crippen LogP contribution in [0.5, 0.6) is 0 Å². The van der Waals surface area contributed by atoms with Gasteiger partial charge in [0.05, 0.1) is 0 Å². The number of alkyl halides is 1. The summed E-state index contributed by atoms with van der Waals surface area (Å²) in [4.78, 5) is 23.8. The van der Waals surface area contributed by atoms with Crippen molar-refractivity contribution in [2.24, 2.45) is 29.1 Å². The van der Waals surface area contributed by atoms with Crippen LogP contribution < -0.4 is 0 Å². The van der Waals surface area contributed by atoms with Crippen molar-refractivity contribution in [3.8, 4) is 0 Å². The highest BCUT2D eigenvalue weighted by molar-refractivity contribution is 5.92. The highest BCUT2D eigenvalue weighted by atomic mass is 19.1. The molecule has 6 atom stereocenters. The van der Waals surface area contributed by atoms with Gasteiger partial charge in [0.2, 0.25) is 0 Å². The topological polar surface area (TPSA) is 34.1 Å². The number of ketones is 2. The summed E-state index contributed by atoms with van der Waals surface area (Å²) in [6, 6.07) is 0. The molecule has 0 aromatic rings. The molecule has 0 saturated heterocycles. The van der Waals surface area contributed by atoms with E-state index in [1.54, 1.807) is 6.08 Å². The first-order chi connectivity index (χ1) is 10.0. The largest absolute Gasteiger partial charge is 0.299 e. The third-order valence-corrected chi connectivity index (χ3v) is 6.52. The molecule has 3 heteroatoms. The predicted molar refractivity (Wildman–Crippen MR) is 77.3 cm³/mol. The van der Waals surface area contributed by atoms with Gasteiger partial charge in [0.15, 0.2) is 5.78 Å².